The Morgan fingerprint density at radius 2 is 2.00 bits per heavy atom. The van der Waals surface area contributed by atoms with Crippen molar-refractivity contribution in [2.45, 2.75) is 32.4 Å². The molecule has 3 aromatic rings. The van der Waals surface area contributed by atoms with Crippen LogP contribution in [-0.2, 0) is 4.79 Å². The second-order valence-electron chi connectivity index (χ2n) is 7.45. The highest BCUT2D eigenvalue weighted by molar-refractivity contribution is 7.80. The van der Waals surface area contributed by atoms with Crippen molar-refractivity contribution >= 4 is 40.3 Å². The number of anilines is 1. The van der Waals surface area contributed by atoms with E-state index in [1.165, 1.54) is 10.4 Å². The topological polar surface area (TPSA) is 57.3 Å². The zero-order chi connectivity index (χ0) is 21.1. The zero-order valence-electron chi connectivity index (χ0n) is 17.0. The highest BCUT2D eigenvalue weighted by atomic mass is 32.1. The van der Waals surface area contributed by atoms with Gasteiger partial charge in [-0.15, -0.1) is 11.3 Å². The maximum Gasteiger partial charge on any atom is 0.226 e. The van der Waals surface area contributed by atoms with Gasteiger partial charge in [0.25, 0.3) is 0 Å². The second-order valence-corrected chi connectivity index (χ2v) is 8.79. The smallest absolute Gasteiger partial charge is 0.226 e. The molecule has 1 aromatic carbocycles. The third-order valence-electron chi connectivity index (χ3n) is 5.28. The number of aryl methyl sites for hydroxylation is 2. The van der Waals surface area contributed by atoms with E-state index in [-0.39, 0.29) is 18.0 Å². The Balaban J connectivity index is 1.52. The van der Waals surface area contributed by atoms with Gasteiger partial charge in [0.2, 0.25) is 5.91 Å². The van der Waals surface area contributed by atoms with Gasteiger partial charge in [-0.2, -0.15) is 0 Å². The Bertz CT molecular complexity index is 1030. The molecule has 154 valence electrons. The molecule has 0 spiro atoms. The fraction of sp³-hybridized carbons (Fsp3) is 0.261. The first-order chi connectivity index (χ1) is 14.5. The van der Waals surface area contributed by atoms with Crippen LogP contribution in [0, 0.1) is 13.8 Å². The lowest BCUT2D eigenvalue weighted by Crippen LogP contribution is -2.32. The fourth-order valence-electron chi connectivity index (χ4n) is 3.70. The number of carbonyl (C=O) groups excluding carboxylic acids is 1. The van der Waals surface area contributed by atoms with Crippen LogP contribution >= 0.6 is 23.6 Å². The van der Waals surface area contributed by atoms with Crippen molar-refractivity contribution in [2.75, 3.05) is 11.9 Å². The molecule has 30 heavy (non-hydrogen) atoms. The van der Waals surface area contributed by atoms with Crippen LogP contribution in [0.2, 0.25) is 0 Å². The van der Waals surface area contributed by atoms with E-state index in [9.17, 15) is 4.79 Å². The molecule has 1 saturated heterocycles. The van der Waals surface area contributed by atoms with Gasteiger partial charge >= 0.3 is 0 Å². The molecule has 3 heterocycles. The number of amides is 1. The van der Waals surface area contributed by atoms with Crippen molar-refractivity contribution in [1.82, 2.24) is 15.2 Å². The number of nitrogens with one attached hydrogen (secondary N) is 2. The van der Waals surface area contributed by atoms with Crippen LogP contribution in [-0.4, -0.2) is 27.4 Å². The van der Waals surface area contributed by atoms with Crippen molar-refractivity contribution < 1.29 is 4.79 Å². The van der Waals surface area contributed by atoms with Crippen LogP contribution in [0.3, 0.4) is 0 Å². The summed E-state index contributed by atoms with van der Waals surface area (Å²) in [5, 5.41) is 9.17. The molecule has 1 aliphatic heterocycles. The van der Waals surface area contributed by atoms with E-state index in [1.54, 1.807) is 17.5 Å². The number of benzene rings is 1. The van der Waals surface area contributed by atoms with Gasteiger partial charge in [0.15, 0.2) is 5.11 Å². The van der Waals surface area contributed by atoms with Crippen LogP contribution in [0.25, 0.3) is 0 Å². The lowest BCUT2D eigenvalue weighted by molar-refractivity contribution is -0.116. The number of hydrogen-bond donors (Lipinski definition) is 2. The summed E-state index contributed by atoms with van der Waals surface area (Å²) >= 11 is 7.39. The van der Waals surface area contributed by atoms with Crippen LogP contribution in [0.15, 0.2) is 60.1 Å². The Morgan fingerprint density at radius 3 is 2.67 bits per heavy atom. The summed E-state index contributed by atoms with van der Waals surface area (Å²) in [6.45, 7) is 4.68. The van der Waals surface area contributed by atoms with Crippen molar-refractivity contribution in [3.8, 4) is 0 Å². The standard InChI is InChI=1S/C23H24N4OS2/c1-15-6-8-17(9-7-15)25-19(28)10-13-27-21(22-16(2)11-14-30-22)20(26-23(27)29)18-5-3-4-12-24-18/h3-9,11-12,14,20-21H,10,13H2,1-2H3,(H,25,28)(H,26,29)/t20-,21-/m1/s1. The van der Waals surface area contributed by atoms with Crippen molar-refractivity contribution in [3.05, 3.63) is 81.8 Å². The van der Waals surface area contributed by atoms with Crippen LogP contribution < -0.4 is 10.6 Å². The third-order valence-corrected chi connectivity index (χ3v) is 6.73. The molecule has 1 aliphatic rings. The van der Waals surface area contributed by atoms with Gasteiger partial charge in [-0.25, -0.2) is 0 Å². The van der Waals surface area contributed by atoms with Gasteiger partial charge in [-0.05, 0) is 67.3 Å². The molecule has 5 nitrogen and oxygen atoms in total. The van der Waals surface area contributed by atoms with E-state index in [2.05, 4.69) is 38.9 Å². The van der Waals surface area contributed by atoms with Gasteiger partial charge in [0.05, 0.1) is 17.8 Å². The highest BCUT2D eigenvalue weighted by Gasteiger charge is 2.40. The number of carbonyl (C=O) groups is 1. The molecule has 2 atom stereocenters. The molecule has 1 fully saturated rings. The Labute approximate surface area is 186 Å². The van der Waals surface area contributed by atoms with Gasteiger partial charge < -0.3 is 15.5 Å². The fourth-order valence-corrected chi connectivity index (χ4v) is 5.11. The summed E-state index contributed by atoms with van der Waals surface area (Å²) < 4.78 is 0. The average molecular weight is 437 g/mol. The summed E-state index contributed by atoms with van der Waals surface area (Å²) in [4.78, 5) is 20.5. The number of hydrogen-bond acceptors (Lipinski definition) is 4. The van der Waals surface area contributed by atoms with Crippen molar-refractivity contribution in [3.63, 3.8) is 0 Å². The summed E-state index contributed by atoms with van der Waals surface area (Å²) in [5.41, 5.74) is 4.15. The summed E-state index contributed by atoms with van der Waals surface area (Å²) in [6.07, 6.45) is 2.15. The van der Waals surface area contributed by atoms with E-state index in [0.717, 1.165) is 16.9 Å². The predicted octanol–water partition coefficient (Wildman–Crippen LogP) is 4.76. The van der Waals surface area contributed by atoms with Crippen LogP contribution in [0.1, 0.15) is 40.2 Å². The molecule has 1 amide bonds. The van der Waals surface area contributed by atoms with Gasteiger partial charge in [0.1, 0.15) is 0 Å². The minimum Gasteiger partial charge on any atom is -0.352 e. The maximum absolute atomic E-state index is 12.6. The van der Waals surface area contributed by atoms with Crippen LogP contribution in [0.5, 0.6) is 0 Å². The third kappa shape index (κ3) is 4.37. The van der Waals surface area contributed by atoms with Crippen molar-refractivity contribution in [2.24, 2.45) is 0 Å². The average Bonchev–Trinajstić information content (AvgIpc) is 3.31. The second kappa shape index (κ2) is 8.93. The molecule has 4 rings (SSSR count). The molecule has 0 aliphatic carbocycles. The summed E-state index contributed by atoms with van der Waals surface area (Å²) in [5.74, 6) is -0.0235. The molecule has 0 radical (unpaired) electrons. The summed E-state index contributed by atoms with van der Waals surface area (Å²) in [6, 6.07) is 15.8. The molecule has 2 aromatic heterocycles. The number of thiophene rings is 1. The normalized spacial score (nSPS) is 18.3. The maximum atomic E-state index is 12.6. The van der Waals surface area contributed by atoms with E-state index in [1.807, 2.05) is 49.4 Å². The lowest BCUT2D eigenvalue weighted by Gasteiger charge is -2.27. The molecule has 0 bridgehead atoms. The first kappa shape index (κ1) is 20.5. The monoisotopic (exact) mass is 436 g/mol. The van der Waals surface area contributed by atoms with Crippen LogP contribution in [0.4, 0.5) is 5.69 Å². The largest absolute Gasteiger partial charge is 0.352 e. The minimum absolute atomic E-state index is 0.0135. The number of rotatable bonds is 6. The zero-order valence-corrected chi connectivity index (χ0v) is 18.6. The Morgan fingerprint density at radius 1 is 1.20 bits per heavy atom. The first-order valence-corrected chi connectivity index (χ1v) is 11.2. The SMILES string of the molecule is Cc1ccc(NC(=O)CCN2C(=S)N[C@H](c3ccccn3)[C@@H]2c2sccc2C)cc1. The summed E-state index contributed by atoms with van der Waals surface area (Å²) in [7, 11) is 0. The Hall–Kier alpha value is -2.77. The predicted molar refractivity (Wildman–Crippen MR) is 126 cm³/mol. The molecular weight excluding hydrogens is 412 g/mol. The molecule has 0 saturated carbocycles. The number of thiocarbonyl (C=S) groups is 1. The number of aromatic nitrogens is 1. The quantitative estimate of drug-likeness (QED) is 0.546. The van der Waals surface area contributed by atoms with E-state index in [4.69, 9.17) is 12.2 Å². The highest BCUT2D eigenvalue weighted by Crippen LogP contribution is 2.41. The van der Waals surface area contributed by atoms with Gasteiger partial charge in [0, 0.05) is 29.7 Å². The number of pyridine rings is 1. The molecule has 2 N–H and O–H groups in total. The van der Waals surface area contributed by atoms with E-state index >= 15 is 0 Å². The first-order valence-electron chi connectivity index (χ1n) is 9.91. The molecule has 0 unspecified atom stereocenters. The van der Waals surface area contributed by atoms with Gasteiger partial charge in [-0.3, -0.25) is 9.78 Å². The van der Waals surface area contributed by atoms with Gasteiger partial charge in [-0.1, -0.05) is 23.8 Å². The lowest BCUT2D eigenvalue weighted by atomic mass is 10.0. The van der Waals surface area contributed by atoms with Crippen molar-refractivity contribution in [1.29, 1.82) is 0 Å². The molecule has 7 heteroatoms. The molecular formula is C23H24N4OS2. The number of nitrogens with zero attached hydrogens (tertiary/aromatic N) is 2. The van der Waals surface area contributed by atoms with E-state index < -0.39 is 0 Å². The Kier molecular flexibility index (Phi) is 6.11. The minimum atomic E-state index is -0.0452. The van der Waals surface area contributed by atoms with E-state index in [0.29, 0.717) is 18.1 Å².